The molecule has 7 nitrogen and oxygen atoms in total. The molecule has 152 valence electrons. The molecule has 0 saturated heterocycles. The first-order valence-corrected chi connectivity index (χ1v) is 9.83. The Bertz CT molecular complexity index is 825. The molecule has 1 unspecified atom stereocenters. The molecule has 0 saturated carbocycles. The minimum atomic E-state index is 0.214. The predicted octanol–water partition coefficient (Wildman–Crippen LogP) is 2.92. The summed E-state index contributed by atoms with van der Waals surface area (Å²) >= 11 is 0. The minimum Gasteiger partial charge on any atom is -0.494 e. The molecule has 0 radical (unpaired) electrons. The number of ether oxygens (including phenoxy) is 2. The number of fused-ring (bicyclic) bond motifs is 1. The van der Waals surface area contributed by atoms with E-state index in [0.717, 1.165) is 59.4 Å². The van der Waals surface area contributed by atoms with Crippen molar-refractivity contribution in [3.63, 3.8) is 0 Å². The third kappa shape index (κ3) is 4.58. The Morgan fingerprint density at radius 2 is 2.14 bits per heavy atom. The predicted molar refractivity (Wildman–Crippen MR) is 109 cm³/mol. The number of benzene rings is 1. The first-order valence-electron chi connectivity index (χ1n) is 9.83. The fourth-order valence-corrected chi connectivity index (χ4v) is 3.47. The molecule has 2 aromatic rings. The number of aryl methyl sites for hydroxylation is 2. The van der Waals surface area contributed by atoms with Crippen molar-refractivity contribution < 1.29 is 14.0 Å². The van der Waals surface area contributed by atoms with E-state index in [1.807, 2.05) is 20.8 Å². The van der Waals surface area contributed by atoms with Gasteiger partial charge in [-0.05, 0) is 46.2 Å². The zero-order chi connectivity index (χ0) is 20.1. The van der Waals surface area contributed by atoms with Crippen molar-refractivity contribution in [1.82, 2.24) is 15.8 Å². The van der Waals surface area contributed by atoms with Crippen LogP contribution in [0.4, 0.5) is 0 Å². The van der Waals surface area contributed by atoms with E-state index in [1.54, 1.807) is 7.05 Å². The van der Waals surface area contributed by atoms with Crippen LogP contribution >= 0.6 is 0 Å². The summed E-state index contributed by atoms with van der Waals surface area (Å²) in [6.45, 7) is 9.96. The van der Waals surface area contributed by atoms with Crippen LogP contribution in [-0.2, 0) is 19.4 Å². The number of aromatic nitrogens is 1. The summed E-state index contributed by atoms with van der Waals surface area (Å²) in [4.78, 5) is 4.31. The number of nitrogens with zero attached hydrogens (tertiary/aromatic N) is 2. The SMILES string of the molecule is CCOc1cc2c(cc1CNC(=NC)NCCc1c(C)noc1C)OC(C)C2. The summed E-state index contributed by atoms with van der Waals surface area (Å²) in [6.07, 6.45) is 1.97. The van der Waals surface area contributed by atoms with E-state index in [-0.39, 0.29) is 6.10 Å². The van der Waals surface area contributed by atoms with Crippen molar-refractivity contribution in [3.05, 3.63) is 40.3 Å². The average Bonchev–Trinajstić information content (AvgIpc) is 3.19. The zero-order valence-corrected chi connectivity index (χ0v) is 17.4. The highest BCUT2D eigenvalue weighted by Gasteiger charge is 2.22. The van der Waals surface area contributed by atoms with Gasteiger partial charge < -0.3 is 24.6 Å². The van der Waals surface area contributed by atoms with Crippen LogP contribution in [0.2, 0.25) is 0 Å². The summed E-state index contributed by atoms with van der Waals surface area (Å²) in [5.74, 6) is 3.46. The third-order valence-electron chi connectivity index (χ3n) is 4.90. The van der Waals surface area contributed by atoms with E-state index in [9.17, 15) is 0 Å². The van der Waals surface area contributed by atoms with Crippen LogP contribution in [0.25, 0.3) is 0 Å². The molecule has 2 heterocycles. The van der Waals surface area contributed by atoms with Gasteiger partial charge in [0.2, 0.25) is 0 Å². The number of aliphatic imine (C=N–C) groups is 1. The molecule has 2 N–H and O–H groups in total. The van der Waals surface area contributed by atoms with Gasteiger partial charge in [-0.2, -0.15) is 0 Å². The van der Waals surface area contributed by atoms with Gasteiger partial charge in [0.05, 0.1) is 12.3 Å². The lowest BCUT2D eigenvalue weighted by atomic mass is 10.1. The van der Waals surface area contributed by atoms with Crippen LogP contribution < -0.4 is 20.1 Å². The zero-order valence-electron chi connectivity index (χ0n) is 17.4. The molecule has 1 aliphatic rings. The van der Waals surface area contributed by atoms with Gasteiger partial charge in [0.15, 0.2) is 5.96 Å². The molecular formula is C21H30N4O3. The summed E-state index contributed by atoms with van der Waals surface area (Å²) in [5, 5.41) is 10.7. The third-order valence-corrected chi connectivity index (χ3v) is 4.90. The topological polar surface area (TPSA) is 80.9 Å². The second-order valence-corrected chi connectivity index (χ2v) is 7.04. The Kier molecular flexibility index (Phi) is 6.44. The molecule has 0 fully saturated rings. The number of rotatable bonds is 7. The Balaban J connectivity index is 1.59. The highest BCUT2D eigenvalue weighted by atomic mass is 16.5. The Morgan fingerprint density at radius 3 is 2.82 bits per heavy atom. The first-order chi connectivity index (χ1) is 13.5. The van der Waals surface area contributed by atoms with Crippen molar-refractivity contribution >= 4 is 5.96 Å². The van der Waals surface area contributed by atoms with E-state index >= 15 is 0 Å². The van der Waals surface area contributed by atoms with E-state index in [0.29, 0.717) is 13.2 Å². The maximum absolute atomic E-state index is 5.90. The minimum absolute atomic E-state index is 0.214. The molecule has 0 bridgehead atoms. The highest BCUT2D eigenvalue weighted by Crippen LogP contribution is 2.35. The monoisotopic (exact) mass is 386 g/mol. The number of hydrogen-bond acceptors (Lipinski definition) is 5. The summed E-state index contributed by atoms with van der Waals surface area (Å²) in [7, 11) is 1.77. The molecular weight excluding hydrogens is 356 g/mol. The molecule has 1 aromatic heterocycles. The van der Waals surface area contributed by atoms with E-state index in [2.05, 4.69) is 39.8 Å². The number of nitrogens with one attached hydrogen (secondary N) is 2. The van der Waals surface area contributed by atoms with Gasteiger partial charge in [-0.3, -0.25) is 4.99 Å². The molecule has 1 aromatic carbocycles. The Morgan fingerprint density at radius 1 is 1.32 bits per heavy atom. The fourth-order valence-electron chi connectivity index (χ4n) is 3.47. The number of hydrogen-bond donors (Lipinski definition) is 2. The summed E-state index contributed by atoms with van der Waals surface area (Å²) < 4.78 is 17.0. The van der Waals surface area contributed by atoms with E-state index in [1.165, 1.54) is 5.56 Å². The van der Waals surface area contributed by atoms with Gasteiger partial charge in [0.25, 0.3) is 0 Å². The number of guanidine groups is 1. The lowest BCUT2D eigenvalue weighted by Crippen LogP contribution is -2.38. The summed E-state index contributed by atoms with van der Waals surface area (Å²) in [6, 6.07) is 4.18. The van der Waals surface area contributed by atoms with Gasteiger partial charge in [-0.15, -0.1) is 0 Å². The van der Waals surface area contributed by atoms with Crippen molar-refractivity contribution in [2.45, 2.75) is 53.2 Å². The van der Waals surface area contributed by atoms with Crippen LogP contribution in [0, 0.1) is 13.8 Å². The van der Waals surface area contributed by atoms with Crippen molar-refractivity contribution in [2.75, 3.05) is 20.2 Å². The molecule has 1 aliphatic heterocycles. The molecule has 7 heteroatoms. The first kappa shape index (κ1) is 20.0. The van der Waals surface area contributed by atoms with Crippen LogP contribution in [0.1, 0.15) is 42.0 Å². The highest BCUT2D eigenvalue weighted by molar-refractivity contribution is 5.79. The molecule has 0 amide bonds. The van der Waals surface area contributed by atoms with Crippen LogP contribution in [0.3, 0.4) is 0 Å². The smallest absolute Gasteiger partial charge is 0.191 e. The van der Waals surface area contributed by atoms with Gasteiger partial charge in [-0.25, -0.2) is 0 Å². The fraction of sp³-hybridized carbons (Fsp3) is 0.524. The quantitative estimate of drug-likeness (QED) is 0.563. The van der Waals surface area contributed by atoms with Gasteiger partial charge in [0, 0.05) is 43.2 Å². The lowest BCUT2D eigenvalue weighted by molar-refractivity contribution is 0.254. The normalized spacial score (nSPS) is 15.9. The lowest BCUT2D eigenvalue weighted by Gasteiger charge is -2.15. The maximum Gasteiger partial charge on any atom is 0.191 e. The van der Waals surface area contributed by atoms with Gasteiger partial charge >= 0.3 is 0 Å². The van der Waals surface area contributed by atoms with Gasteiger partial charge in [-0.1, -0.05) is 5.16 Å². The molecule has 1 atom stereocenters. The van der Waals surface area contributed by atoms with Gasteiger partial charge in [0.1, 0.15) is 23.4 Å². The molecule has 28 heavy (non-hydrogen) atoms. The largest absolute Gasteiger partial charge is 0.494 e. The second kappa shape index (κ2) is 8.99. The van der Waals surface area contributed by atoms with E-state index < -0.39 is 0 Å². The summed E-state index contributed by atoms with van der Waals surface area (Å²) in [5.41, 5.74) is 4.35. The standard InChI is InChI=1S/C21H30N4O3/c1-6-26-19-10-16-9-13(2)27-20(16)11-17(19)12-24-21(22-5)23-8-7-18-14(3)25-28-15(18)4/h10-11,13H,6-9,12H2,1-5H3,(H2,22,23,24). The van der Waals surface area contributed by atoms with Crippen LogP contribution in [0.5, 0.6) is 11.5 Å². The van der Waals surface area contributed by atoms with Crippen molar-refractivity contribution in [3.8, 4) is 11.5 Å². The average molecular weight is 386 g/mol. The maximum atomic E-state index is 5.90. The van der Waals surface area contributed by atoms with Crippen LogP contribution in [0.15, 0.2) is 21.6 Å². The van der Waals surface area contributed by atoms with Crippen LogP contribution in [-0.4, -0.2) is 37.4 Å². The van der Waals surface area contributed by atoms with E-state index in [4.69, 9.17) is 14.0 Å². The second-order valence-electron chi connectivity index (χ2n) is 7.04. The molecule has 0 aliphatic carbocycles. The molecule has 0 spiro atoms. The van der Waals surface area contributed by atoms with Crippen molar-refractivity contribution in [1.29, 1.82) is 0 Å². The Labute approximate surface area is 166 Å². The molecule has 3 rings (SSSR count). The van der Waals surface area contributed by atoms with Crippen molar-refractivity contribution in [2.24, 2.45) is 4.99 Å². The Hall–Kier alpha value is -2.70.